The zero-order valence-electron chi connectivity index (χ0n) is 10.3. The fourth-order valence-corrected chi connectivity index (χ4v) is 1.94. The van der Waals surface area contributed by atoms with Gasteiger partial charge in [0.25, 0.3) is 0 Å². The smallest absolute Gasteiger partial charge is 0.417 e. The van der Waals surface area contributed by atoms with Crippen molar-refractivity contribution in [2.75, 3.05) is 0 Å². The lowest BCUT2D eigenvalue weighted by Gasteiger charge is -2.07. The van der Waals surface area contributed by atoms with Crippen LogP contribution >= 0.6 is 11.6 Å². The lowest BCUT2D eigenvalue weighted by atomic mass is 10.3. The molecule has 108 valence electrons. The Bertz CT molecular complexity index is 783. The van der Waals surface area contributed by atoms with E-state index in [0.29, 0.717) is 16.8 Å². The molecule has 2 heterocycles. The number of nitrogens with one attached hydrogen (secondary N) is 1. The third-order valence-electron chi connectivity index (χ3n) is 2.71. The Kier molecular flexibility index (Phi) is 3.21. The summed E-state index contributed by atoms with van der Waals surface area (Å²) in [5, 5.41) is 0.245. The molecule has 0 aliphatic heterocycles. The van der Waals surface area contributed by atoms with Crippen molar-refractivity contribution >= 4 is 22.6 Å². The van der Waals surface area contributed by atoms with Gasteiger partial charge in [0, 0.05) is 18.3 Å². The molecule has 1 N–H and O–H groups in total. The summed E-state index contributed by atoms with van der Waals surface area (Å²) in [6.07, 6.45) is -3.70. The maximum absolute atomic E-state index is 12.4. The average molecular weight is 314 g/mol. The molecule has 0 spiro atoms. The number of nitrogens with zero attached hydrogens (tertiary/aromatic N) is 2. The molecule has 0 bridgehead atoms. The van der Waals surface area contributed by atoms with Gasteiger partial charge in [-0.15, -0.1) is 0 Å². The van der Waals surface area contributed by atoms with Crippen molar-refractivity contribution < 1.29 is 17.9 Å². The van der Waals surface area contributed by atoms with Crippen LogP contribution in [0.25, 0.3) is 11.0 Å². The number of rotatable bonds is 2. The topological polar surface area (TPSA) is 50.8 Å². The van der Waals surface area contributed by atoms with E-state index in [1.807, 2.05) is 0 Å². The lowest BCUT2D eigenvalue weighted by molar-refractivity contribution is -0.137. The van der Waals surface area contributed by atoms with E-state index in [9.17, 15) is 13.2 Å². The maximum Gasteiger partial charge on any atom is 0.417 e. The number of imidazole rings is 1. The quantitative estimate of drug-likeness (QED) is 0.761. The zero-order chi connectivity index (χ0) is 15.0. The van der Waals surface area contributed by atoms with E-state index in [4.69, 9.17) is 16.3 Å². The van der Waals surface area contributed by atoms with Gasteiger partial charge in [-0.05, 0) is 29.8 Å². The number of alkyl halides is 3. The molecule has 0 fully saturated rings. The Balaban J connectivity index is 1.84. The number of ether oxygens (including phenoxy) is 1. The average Bonchev–Trinajstić information content (AvgIpc) is 2.78. The molecule has 3 aromatic rings. The predicted octanol–water partition coefficient (Wildman–Crippen LogP) is 4.42. The SMILES string of the molecule is FC(F)(F)c1ccc(Oc2ccc3nc(Cl)[nH]c3c2)nc1. The van der Waals surface area contributed by atoms with Crippen LogP contribution in [0.5, 0.6) is 11.6 Å². The Hall–Kier alpha value is -2.28. The summed E-state index contributed by atoms with van der Waals surface area (Å²) in [5.74, 6) is 0.475. The van der Waals surface area contributed by atoms with Gasteiger partial charge in [-0.3, -0.25) is 0 Å². The fourth-order valence-electron chi connectivity index (χ4n) is 1.75. The Morgan fingerprint density at radius 1 is 1.14 bits per heavy atom. The van der Waals surface area contributed by atoms with E-state index in [1.54, 1.807) is 18.2 Å². The maximum atomic E-state index is 12.4. The summed E-state index contributed by atoms with van der Waals surface area (Å²) in [7, 11) is 0. The fraction of sp³-hybridized carbons (Fsp3) is 0.0769. The van der Waals surface area contributed by atoms with Gasteiger partial charge in [0.2, 0.25) is 11.2 Å². The second-order valence-corrected chi connectivity index (χ2v) is 4.55. The van der Waals surface area contributed by atoms with E-state index < -0.39 is 11.7 Å². The van der Waals surface area contributed by atoms with Crippen molar-refractivity contribution in [3.05, 3.63) is 47.4 Å². The van der Waals surface area contributed by atoms with Gasteiger partial charge in [0.15, 0.2) is 0 Å². The summed E-state index contributed by atoms with van der Waals surface area (Å²) >= 11 is 5.73. The minimum atomic E-state index is -4.42. The normalized spacial score (nSPS) is 11.8. The highest BCUT2D eigenvalue weighted by molar-refractivity contribution is 6.29. The highest BCUT2D eigenvalue weighted by Gasteiger charge is 2.30. The van der Waals surface area contributed by atoms with Crippen molar-refractivity contribution in [3.8, 4) is 11.6 Å². The minimum Gasteiger partial charge on any atom is -0.439 e. The number of H-pyrrole nitrogens is 1. The first-order chi connectivity index (χ1) is 9.91. The second kappa shape index (κ2) is 4.92. The van der Waals surface area contributed by atoms with Crippen molar-refractivity contribution in [1.82, 2.24) is 15.0 Å². The second-order valence-electron chi connectivity index (χ2n) is 4.19. The van der Waals surface area contributed by atoms with Crippen molar-refractivity contribution in [3.63, 3.8) is 0 Å². The molecule has 3 rings (SSSR count). The third kappa shape index (κ3) is 2.92. The van der Waals surface area contributed by atoms with Crippen molar-refractivity contribution in [2.24, 2.45) is 0 Å². The predicted molar refractivity (Wildman–Crippen MR) is 70.4 cm³/mol. The number of hydrogen-bond acceptors (Lipinski definition) is 3. The highest BCUT2D eigenvalue weighted by Crippen LogP contribution is 2.30. The first-order valence-electron chi connectivity index (χ1n) is 5.78. The summed E-state index contributed by atoms with van der Waals surface area (Å²) in [5.41, 5.74) is 0.489. The molecule has 0 radical (unpaired) electrons. The van der Waals surface area contributed by atoms with Crippen molar-refractivity contribution in [2.45, 2.75) is 6.18 Å². The first kappa shape index (κ1) is 13.7. The Morgan fingerprint density at radius 2 is 1.95 bits per heavy atom. The number of benzene rings is 1. The van der Waals surface area contributed by atoms with Gasteiger partial charge < -0.3 is 9.72 Å². The molecule has 0 saturated carbocycles. The molecular weight excluding hydrogens is 307 g/mol. The lowest BCUT2D eigenvalue weighted by Crippen LogP contribution is -2.05. The van der Waals surface area contributed by atoms with Gasteiger partial charge in [0.1, 0.15) is 5.75 Å². The number of halogens is 4. The van der Waals surface area contributed by atoms with Crippen LogP contribution in [0.3, 0.4) is 0 Å². The molecule has 21 heavy (non-hydrogen) atoms. The Morgan fingerprint density at radius 3 is 2.62 bits per heavy atom. The van der Waals surface area contributed by atoms with Gasteiger partial charge in [0.05, 0.1) is 16.6 Å². The molecule has 4 nitrogen and oxygen atoms in total. The molecule has 0 amide bonds. The highest BCUT2D eigenvalue weighted by atomic mass is 35.5. The van der Waals surface area contributed by atoms with Crippen LogP contribution < -0.4 is 4.74 Å². The van der Waals surface area contributed by atoms with Crippen LogP contribution in [0, 0.1) is 0 Å². The molecule has 0 aliphatic carbocycles. The van der Waals surface area contributed by atoms with Gasteiger partial charge >= 0.3 is 6.18 Å². The van der Waals surface area contributed by atoms with E-state index >= 15 is 0 Å². The third-order valence-corrected chi connectivity index (χ3v) is 2.89. The number of aromatic amines is 1. The van der Waals surface area contributed by atoms with E-state index in [-0.39, 0.29) is 11.2 Å². The molecule has 0 saturated heterocycles. The largest absolute Gasteiger partial charge is 0.439 e. The summed E-state index contributed by atoms with van der Waals surface area (Å²) in [4.78, 5) is 10.5. The first-order valence-corrected chi connectivity index (χ1v) is 6.16. The number of fused-ring (bicyclic) bond motifs is 1. The van der Waals surface area contributed by atoms with E-state index in [2.05, 4.69) is 15.0 Å². The summed E-state index contributed by atoms with van der Waals surface area (Å²) in [6, 6.07) is 7.00. The molecular formula is C13H7ClF3N3O. The number of hydrogen-bond donors (Lipinski definition) is 1. The molecule has 0 unspecified atom stereocenters. The van der Waals surface area contributed by atoms with Crippen LogP contribution in [0.4, 0.5) is 13.2 Å². The molecule has 0 atom stereocenters. The molecule has 8 heteroatoms. The zero-order valence-corrected chi connectivity index (χ0v) is 11.0. The van der Waals surface area contributed by atoms with Crippen LogP contribution in [0.2, 0.25) is 5.28 Å². The molecule has 0 aliphatic rings. The summed E-state index contributed by atoms with van der Waals surface area (Å²) in [6.45, 7) is 0. The van der Waals surface area contributed by atoms with Gasteiger partial charge in [-0.25, -0.2) is 9.97 Å². The van der Waals surface area contributed by atoms with Gasteiger partial charge in [-0.2, -0.15) is 13.2 Å². The van der Waals surface area contributed by atoms with E-state index in [1.165, 1.54) is 0 Å². The monoisotopic (exact) mass is 313 g/mol. The standard InChI is InChI=1S/C13H7ClF3N3O/c14-12-19-9-3-2-8(5-10(9)20-12)21-11-4-1-7(6-18-11)13(15,16)17/h1-6H,(H,19,20). The molecule has 1 aromatic carbocycles. The summed E-state index contributed by atoms with van der Waals surface area (Å²) < 4.78 is 42.7. The van der Waals surface area contributed by atoms with Crippen LogP contribution in [0.1, 0.15) is 5.56 Å². The van der Waals surface area contributed by atoms with Crippen LogP contribution in [-0.4, -0.2) is 15.0 Å². The van der Waals surface area contributed by atoms with Gasteiger partial charge in [-0.1, -0.05) is 0 Å². The van der Waals surface area contributed by atoms with Crippen LogP contribution in [0.15, 0.2) is 36.5 Å². The number of aromatic nitrogens is 3. The van der Waals surface area contributed by atoms with E-state index in [0.717, 1.165) is 18.3 Å². The minimum absolute atomic E-state index is 0.0629. The molecule has 2 aromatic heterocycles. The van der Waals surface area contributed by atoms with Crippen molar-refractivity contribution in [1.29, 1.82) is 0 Å². The Labute approximate surface area is 121 Å². The number of pyridine rings is 1. The van der Waals surface area contributed by atoms with Crippen LogP contribution in [-0.2, 0) is 6.18 Å².